The molecule has 1 N–H and O–H groups in total. The molecule has 3 aromatic carbocycles. The Hall–Kier alpha value is -3.98. The normalized spacial score (nSPS) is 19.7. The standard InChI is InChI=1S/C40H53N2O8P/c1-8-48-51(47)26-25-41(28-33-19-12-13-22-34(33)32-21-16-20-31(27-32)30-17-10-9-11-18-30)29-40(51,35(43)44)23-14-15-24-42(36(45)49-38(2,3)4)37(46)50-39(5,6)7/h9-13,16-22,27H,8,14-15,23-26,28-29H2,1-7H3,(H,43,44). The minimum atomic E-state index is -3.66. The molecule has 2 unspecified atom stereocenters. The smallest absolute Gasteiger partial charge is 0.419 e. The molecule has 0 saturated carbocycles. The number of unbranched alkanes of at least 4 members (excludes halogenated alkanes) is 1. The number of benzene rings is 3. The van der Waals surface area contributed by atoms with Crippen LogP contribution in [0.5, 0.6) is 0 Å². The van der Waals surface area contributed by atoms with Crippen LogP contribution < -0.4 is 0 Å². The highest BCUT2D eigenvalue weighted by Crippen LogP contribution is 2.63. The van der Waals surface area contributed by atoms with Gasteiger partial charge in [0.05, 0.1) is 6.61 Å². The van der Waals surface area contributed by atoms with Gasteiger partial charge in [-0.3, -0.25) is 14.3 Å². The molecule has 10 nitrogen and oxygen atoms in total. The summed E-state index contributed by atoms with van der Waals surface area (Å²) in [6.45, 7) is 12.9. The van der Waals surface area contributed by atoms with Gasteiger partial charge in [-0.25, -0.2) is 14.5 Å². The number of carboxylic acids is 1. The van der Waals surface area contributed by atoms with E-state index in [4.69, 9.17) is 14.0 Å². The van der Waals surface area contributed by atoms with Gasteiger partial charge in [-0.2, -0.15) is 0 Å². The maximum Gasteiger partial charge on any atom is 0.419 e. The first kappa shape index (κ1) is 39.8. The summed E-state index contributed by atoms with van der Waals surface area (Å²) < 4.78 is 31.2. The molecule has 1 aliphatic rings. The third kappa shape index (κ3) is 10.3. The Morgan fingerprint density at radius 1 is 0.824 bits per heavy atom. The third-order valence-corrected chi connectivity index (χ3v) is 12.1. The highest BCUT2D eigenvalue weighted by atomic mass is 31.2. The van der Waals surface area contributed by atoms with E-state index in [9.17, 15) is 24.1 Å². The van der Waals surface area contributed by atoms with Crippen molar-refractivity contribution in [1.82, 2.24) is 9.80 Å². The number of carbonyl (C=O) groups excluding carboxylic acids is 2. The molecule has 2 amide bonds. The van der Waals surface area contributed by atoms with E-state index in [1.165, 1.54) is 0 Å². The van der Waals surface area contributed by atoms with E-state index in [1.54, 1.807) is 48.5 Å². The third-order valence-electron chi connectivity index (χ3n) is 8.73. The lowest BCUT2D eigenvalue weighted by molar-refractivity contribution is -0.141. The maximum atomic E-state index is 14.5. The Bertz CT molecular complexity index is 1690. The van der Waals surface area contributed by atoms with Crippen LogP contribution in [0.1, 0.15) is 73.3 Å². The minimum absolute atomic E-state index is 0.0276. The molecule has 1 fully saturated rings. The molecule has 0 radical (unpaired) electrons. The predicted molar refractivity (Wildman–Crippen MR) is 200 cm³/mol. The Labute approximate surface area is 302 Å². The highest BCUT2D eigenvalue weighted by Gasteiger charge is 2.58. The number of hydrogen-bond donors (Lipinski definition) is 1. The van der Waals surface area contributed by atoms with Crippen molar-refractivity contribution < 1.29 is 38.1 Å². The summed E-state index contributed by atoms with van der Waals surface area (Å²) in [5, 5.41) is 9.13. The summed E-state index contributed by atoms with van der Waals surface area (Å²) in [6, 6.07) is 26.6. The second-order valence-corrected chi connectivity index (χ2v) is 17.9. The van der Waals surface area contributed by atoms with E-state index in [2.05, 4.69) is 41.3 Å². The van der Waals surface area contributed by atoms with Crippen LogP contribution >= 0.6 is 7.37 Å². The Balaban J connectivity index is 1.56. The fourth-order valence-corrected chi connectivity index (χ4v) is 9.37. The highest BCUT2D eigenvalue weighted by molar-refractivity contribution is 7.62. The van der Waals surface area contributed by atoms with Crippen molar-refractivity contribution in [3.63, 3.8) is 0 Å². The number of aliphatic carboxylic acids is 1. The molecule has 51 heavy (non-hydrogen) atoms. The maximum absolute atomic E-state index is 14.5. The second-order valence-electron chi connectivity index (χ2n) is 15.0. The van der Waals surface area contributed by atoms with Gasteiger partial charge in [0.1, 0.15) is 11.2 Å². The summed E-state index contributed by atoms with van der Waals surface area (Å²) in [4.78, 5) is 42.2. The van der Waals surface area contributed by atoms with E-state index in [1.807, 2.05) is 42.5 Å². The zero-order valence-electron chi connectivity index (χ0n) is 31.0. The van der Waals surface area contributed by atoms with Gasteiger partial charge < -0.3 is 19.1 Å². The number of nitrogens with zero attached hydrogens (tertiary/aromatic N) is 2. The lowest BCUT2D eigenvalue weighted by atomic mass is 9.95. The fraction of sp³-hybridized carbons (Fsp3) is 0.475. The molecule has 1 aliphatic heterocycles. The number of carboxylic acid groups (broad SMARTS) is 1. The quantitative estimate of drug-likeness (QED) is 0.144. The molecule has 0 aromatic heterocycles. The van der Waals surface area contributed by atoms with Crippen molar-refractivity contribution in [2.75, 3.05) is 32.4 Å². The number of hydrogen-bond acceptors (Lipinski definition) is 8. The van der Waals surface area contributed by atoms with E-state index in [-0.39, 0.29) is 45.1 Å². The lowest BCUT2D eigenvalue weighted by Crippen LogP contribution is -2.54. The molecule has 1 heterocycles. The number of imide groups is 1. The van der Waals surface area contributed by atoms with Crippen LogP contribution in [0.15, 0.2) is 78.9 Å². The molecule has 11 heteroatoms. The van der Waals surface area contributed by atoms with Crippen LogP contribution in [-0.4, -0.2) is 81.8 Å². The van der Waals surface area contributed by atoms with E-state index >= 15 is 0 Å². The van der Waals surface area contributed by atoms with Crippen molar-refractivity contribution in [2.24, 2.45) is 0 Å². The summed E-state index contributed by atoms with van der Waals surface area (Å²) in [5.41, 5.74) is 3.65. The predicted octanol–water partition coefficient (Wildman–Crippen LogP) is 9.32. The van der Waals surface area contributed by atoms with Gasteiger partial charge in [0, 0.05) is 32.3 Å². The zero-order chi connectivity index (χ0) is 37.5. The van der Waals surface area contributed by atoms with E-state index in [0.29, 0.717) is 13.1 Å². The Morgan fingerprint density at radius 3 is 2.02 bits per heavy atom. The van der Waals surface area contributed by atoms with Gasteiger partial charge in [-0.15, -0.1) is 0 Å². The number of amides is 2. The number of carbonyl (C=O) groups is 3. The van der Waals surface area contributed by atoms with Gasteiger partial charge >= 0.3 is 18.2 Å². The minimum Gasteiger partial charge on any atom is -0.480 e. The molecule has 276 valence electrons. The van der Waals surface area contributed by atoms with Crippen LogP contribution in [0.4, 0.5) is 9.59 Å². The molecule has 3 aromatic rings. The Morgan fingerprint density at radius 2 is 1.41 bits per heavy atom. The average Bonchev–Trinajstić information content (AvgIpc) is 3.05. The van der Waals surface area contributed by atoms with Gasteiger partial charge in [0.25, 0.3) is 0 Å². The fourth-order valence-electron chi connectivity index (χ4n) is 6.40. The van der Waals surface area contributed by atoms with Crippen LogP contribution in [0, 0.1) is 0 Å². The lowest BCUT2D eigenvalue weighted by Gasteiger charge is -2.45. The zero-order valence-corrected chi connectivity index (χ0v) is 31.9. The molecular weight excluding hydrogens is 667 g/mol. The largest absolute Gasteiger partial charge is 0.480 e. The molecule has 2 atom stereocenters. The molecule has 0 spiro atoms. The van der Waals surface area contributed by atoms with Crippen LogP contribution in [0.2, 0.25) is 0 Å². The first-order chi connectivity index (χ1) is 24.0. The molecule has 0 bridgehead atoms. The van der Waals surface area contributed by atoms with Crippen molar-refractivity contribution in [2.45, 2.75) is 90.6 Å². The molecule has 4 rings (SSSR count). The van der Waals surface area contributed by atoms with E-state index < -0.39 is 41.9 Å². The first-order valence-corrected chi connectivity index (χ1v) is 19.4. The SMILES string of the molecule is CCOP1(=O)CCN(Cc2ccccc2-c2cccc(-c3ccccc3)c2)CC1(CCCCN(C(=O)OC(C)(C)C)C(=O)OC(C)(C)C)C(=O)O. The second kappa shape index (κ2) is 16.6. The summed E-state index contributed by atoms with van der Waals surface area (Å²) in [5.74, 6) is -1.18. The van der Waals surface area contributed by atoms with Crippen LogP contribution in [-0.2, 0) is 29.9 Å². The van der Waals surface area contributed by atoms with Crippen molar-refractivity contribution >= 4 is 25.5 Å². The number of ether oxygens (including phenoxy) is 2. The summed E-state index contributed by atoms with van der Waals surface area (Å²) >= 11 is 0. The topological polar surface area (TPSA) is 123 Å². The summed E-state index contributed by atoms with van der Waals surface area (Å²) in [6.07, 6.45) is -1.04. The van der Waals surface area contributed by atoms with Gasteiger partial charge in [-0.05, 0) is 102 Å². The molecular formula is C40H53N2O8P. The van der Waals surface area contributed by atoms with Crippen molar-refractivity contribution in [3.05, 3.63) is 84.4 Å². The first-order valence-electron chi connectivity index (χ1n) is 17.6. The average molecular weight is 721 g/mol. The monoisotopic (exact) mass is 720 g/mol. The molecule has 0 aliphatic carbocycles. The van der Waals surface area contributed by atoms with Gasteiger partial charge in [-0.1, -0.05) is 72.8 Å². The number of rotatable bonds is 12. The van der Waals surface area contributed by atoms with Crippen LogP contribution in [0.25, 0.3) is 22.3 Å². The van der Waals surface area contributed by atoms with Gasteiger partial charge in [0.15, 0.2) is 5.16 Å². The molecule has 1 saturated heterocycles. The van der Waals surface area contributed by atoms with Crippen LogP contribution in [0.3, 0.4) is 0 Å². The van der Waals surface area contributed by atoms with Crippen molar-refractivity contribution in [3.8, 4) is 22.3 Å². The van der Waals surface area contributed by atoms with E-state index in [0.717, 1.165) is 32.7 Å². The summed E-state index contributed by atoms with van der Waals surface area (Å²) in [7, 11) is -3.66. The van der Waals surface area contributed by atoms with Gasteiger partial charge in [0.2, 0.25) is 7.37 Å². The van der Waals surface area contributed by atoms with Crippen molar-refractivity contribution in [1.29, 1.82) is 0 Å². The Kier molecular flexibility index (Phi) is 12.9.